The number of nitrogens with zero attached hydrogens (tertiary/aromatic N) is 3. The molecule has 42 heavy (non-hydrogen) atoms. The van der Waals surface area contributed by atoms with Crippen LogP contribution in [0.5, 0.6) is 5.75 Å². The highest BCUT2D eigenvalue weighted by Crippen LogP contribution is 2.31. The molecule has 222 valence electrons. The molecule has 0 unspecified atom stereocenters. The monoisotopic (exact) mass is 591 g/mol. The van der Waals surface area contributed by atoms with Gasteiger partial charge in [-0.2, -0.15) is 0 Å². The number of morpholine rings is 1. The summed E-state index contributed by atoms with van der Waals surface area (Å²) < 4.78 is 11.0. The molecule has 3 aromatic carbocycles. The van der Waals surface area contributed by atoms with Crippen LogP contribution in [0.25, 0.3) is 0 Å². The number of halogens is 1. The van der Waals surface area contributed by atoms with E-state index in [9.17, 15) is 9.59 Å². The Hall–Kier alpha value is -3.79. The minimum atomic E-state index is -0.323. The molecule has 9 nitrogen and oxygen atoms in total. The Labute approximate surface area is 252 Å². The molecule has 0 spiro atoms. The van der Waals surface area contributed by atoms with Gasteiger partial charge in [0.2, 0.25) is 0 Å². The zero-order chi connectivity index (χ0) is 29.3. The molecule has 2 saturated heterocycles. The zero-order valence-corrected chi connectivity index (χ0v) is 24.7. The fourth-order valence-electron chi connectivity index (χ4n) is 5.42. The van der Waals surface area contributed by atoms with Gasteiger partial charge in [-0.05, 0) is 55.4 Å². The Kier molecular flexibility index (Phi) is 10.2. The molecule has 0 aliphatic carbocycles. The molecule has 0 radical (unpaired) electrons. The van der Waals surface area contributed by atoms with E-state index in [2.05, 4.69) is 31.4 Å². The summed E-state index contributed by atoms with van der Waals surface area (Å²) in [6.07, 6.45) is 0.849. The summed E-state index contributed by atoms with van der Waals surface area (Å²) in [5.74, 6) is 0.366. The lowest BCUT2D eigenvalue weighted by Gasteiger charge is -2.38. The largest absolute Gasteiger partial charge is 0.495 e. The van der Waals surface area contributed by atoms with E-state index in [0.29, 0.717) is 28.4 Å². The minimum Gasteiger partial charge on any atom is -0.495 e. The molecule has 2 heterocycles. The van der Waals surface area contributed by atoms with Gasteiger partial charge < -0.3 is 29.9 Å². The van der Waals surface area contributed by atoms with Crippen molar-refractivity contribution in [1.29, 1.82) is 0 Å². The van der Waals surface area contributed by atoms with Crippen LogP contribution in [0.2, 0.25) is 5.02 Å². The topological polar surface area (TPSA) is 86.4 Å². The van der Waals surface area contributed by atoms with Crippen molar-refractivity contribution < 1.29 is 19.1 Å². The van der Waals surface area contributed by atoms with Crippen molar-refractivity contribution >= 4 is 40.5 Å². The fraction of sp³-hybridized carbons (Fsp3) is 0.375. The number of benzene rings is 3. The fourth-order valence-corrected chi connectivity index (χ4v) is 5.64. The van der Waals surface area contributed by atoms with E-state index in [1.165, 1.54) is 0 Å². The van der Waals surface area contributed by atoms with Crippen LogP contribution in [0.4, 0.5) is 17.1 Å². The Balaban J connectivity index is 1.30. The van der Waals surface area contributed by atoms with E-state index in [0.717, 1.165) is 82.6 Å². The molecule has 10 heteroatoms. The smallest absolute Gasteiger partial charge is 0.257 e. The molecule has 2 aliphatic heterocycles. The third-order valence-electron chi connectivity index (χ3n) is 7.70. The molecule has 5 rings (SSSR count). The Morgan fingerprint density at radius 3 is 2.26 bits per heavy atom. The second-order valence-corrected chi connectivity index (χ2v) is 10.8. The molecule has 2 N–H and O–H groups in total. The molecule has 0 saturated carbocycles. The predicted octanol–water partition coefficient (Wildman–Crippen LogP) is 4.38. The van der Waals surface area contributed by atoms with E-state index in [-0.39, 0.29) is 11.8 Å². The lowest BCUT2D eigenvalue weighted by Crippen LogP contribution is -2.47. The molecule has 0 aromatic heterocycles. The Bertz CT molecular complexity index is 1370. The van der Waals surface area contributed by atoms with Gasteiger partial charge in [-0.1, -0.05) is 35.9 Å². The van der Waals surface area contributed by atoms with Gasteiger partial charge in [0.1, 0.15) is 5.75 Å². The average molecular weight is 592 g/mol. The van der Waals surface area contributed by atoms with Crippen molar-refractivity contribution in [1.82, 2.24) is 10.2 Å². The van der Waals surface area contributed by atoms with Gasteiger partial charge in [-0.3, -0.25) is 14.5 Å². The SMILES string of the molecule is COc1ccccc1N1CCN(c2ccc(NC(=O)c3ccccc3Cl)cc2C(=O)NCCCN2CCOCC2)CC1. The Morgan fingerprint density at radius 2 is 1.52 bits per heavy atom. The normalized spacial score (nSPS) is 15.8. The Morgan fingerprint density at radius 1 is 0.833 bits per heavy atom. The zero-order valence-electron chi connectivity index (χ0n) is 24.0. The van der Waals surface area contributed by atoms with Gasteiger partial charge in [-0.25, -0.2) is 0 Å². The summed E-state index contributed by atoms with van der Waals surface area (Å²) >= 11 is 6.24. The first kappa shape index (κ1) is 29.7. The van der Waals surface area contributed by atoms with Crippen LogP contribution in [-0.4, -0.2) is 89.4 Å². The minimum absolute atomic E-state index is 0.159. The van der Waals surface area contributed by atoms with Crippen molar-refractivity contribution in [2.24, 2.45) is 0 Å². The van der Waals surface area contributed by atoms with Gasteiger partial charge >= 0.3 is 0 Å². The maximum absolute atomic E-state index is 13.6. The molecular formula is C32H38ClN5O4. The summed E-state index contributed by atoms with van der Waals surface area (Å²) in [5.41, 5.74) is 3.36. The number of amides is 2. The number of para-hydroxylation sites is 2. The molecule has 2 aliphatic rings. The van der Waals surface area contributed by atoms with Gasteiger partial charge in [-0.15, -0.1) is 0 Å². The highest BCUT2D eigenvalue weighted by Gasteiger charge is 2.24. The summed E-state index contributed by atoms with van der Waals surface area (Å²) in [5, 5.41) is 6.39. The summed E-state index contributed by atoms with van der Waals surface area (Å²) in [7, 11) is 1.69. The van der Waals surface area contributed by atoms with Crippen molar-refractivity contribution in [3.8, 4) is 5.75 Å². The van der Waals surface area contributed by atoms with Crippen molar-refractivity contribution in [2.45, 2.75) is 6.42 Å². The third kappa shape index (κ3) is 7.34. The second-order valence-electron chi connectivity index (χ2n) is 10.4. The van der Waals surface area contributed by atoms with E-state index >= 15 is 0 Å². The van der Waals surface area contributed by atoms with Crippen molar-refractivity contribution in [3.63, 3.8) is 0 Å². The quantitative estimate of drug-likeness (QED) is 0.339. The number of ether oxygens (including phenoxy) is 2. The summed E-state index contributed by atoms with van der Waals surface area (Å²) in [6, 6.07) is 20.4. The molecule has 2 amide bonds. The number of nitrogens with one attached hydrogen (secondary N) is 2. The van der Waals surface area contributed by atoms with E-state index in [1.807, 2.05) is 30.3 Å². The number of piperazine rings is 1. The van der Waals surface area contributed by atoms with Gasteiger partial charge in [0.05, 0.1) is 42.2 Å². The first-order chi connectivity index (χ1) is 20.5. The average Bonchev–Trinajstić information content (AvgIpc) is 3.03. The van der Waals surface area contributed by atoms with Gasteiger partial charge in [0.15, 0.2) is 0 Å². The molecule has 0 atom stereocenters. The number of carbonyl (C=O) groups excluding carboxylic acids is 2. The number of carbonyl (C=O) groups is 2. The number of hydrogen-bond acceptors (Lipinski definition) is 7. The summed E-state index contributed by atoms with van der Waals surface area (Å²) in [6.45, 7) is 7.87. The molecule has 2 fully saturated rings. The van der Waals surface area contributed by atoms with Crippen LogP contribution in [0.1, 0.15) is 27.1 Å². The van der Waals surface area contributed by atoms with E-state index < -0.39 is 0 Å². The molecule has 3 aromatic rings. The predicted molar refractivity (Wildman–Crippen MR) is 167 cm³/mol. The maximum Gasteiger partial charge on any atom is 0.257 e. The van der Waals surface area contributed by atoms with Crippen LogP contribution in [0, 0.1) is 0 Å². The van der Waals surface area contributed by atoms with E-state index in [1.54, 1.807) is 37.4 Å². The summed E-state index contributed by atoms with van der Waals surface area (Å²) in [4.78, 5) is 33.4. The molecule has 0 bridgehead atoms. The number of anilines is 3. The lowest BCUT2D eigenvalue weighted by atomic mass is 10.1. The van der Waals surface area contributed by atoms with Crippen LogP contribution < -0.4 is 25.2 Å². The van der Waals surface area contributed by atoms with E-state index in [4.69, 9.17) is 21.1 Å². The standard InChI is InChI=1S/C32H38ClN5O4/c1-41-30-10-5-4-9-29(30)38-17-15-37(16-18-38)28-12-11-24(35-32(40)25-7-2-3-8-27(25)33)23-26(28)31(39)34-13-6-14-36-19-21-42-22-20-36/h2-5,7-12,23H,6,13-22H2,1H3,(H,34,39)(H,35,40). The number of hydrogen-bond donors (Lipinski definition) is 2. The van der Waals surface area contributed by atoms with Crippen molar-refractivity contribution in [2.75, 3.05) is 87.8 Å². The maximum atomic E-state index is 13.6. The highest BCUT2D eigenvalue weighted by molar-refractivity contribution is 6.34. The highest BCUT2D eigenvalue weighted by atomic mass is 35.5. The number of methoxy groups -OCH3 is 1. The van der Waals surface area contributed by atoms with Crippen LogP contribution >= 0.6 is 11.6 Å². The van der Waals surface area contributed by atoms with Crippen LogP contribution in [0.15, 0.2) is 66.7 Å². The van der Waals surface area contributed by atoms with Crippen LogP contribution in [0.3, 0.4) is 0 Å². The first-order valence-corrected chi connectivity index (χ1v) is 14.8. The third-order valence-corrected chi connectivity index (χ3v) is 8.03. The van der Waals surface area contributed by atoms with Crippen molar-refractivity contribution in [3.05, 3.63) is 82.9 Å². The van der Waals surface area contributed by atoms with Gasteiger partial charge in [0.25, 0.3) is 11.8 Å². The first-order valence-electron chi connectivity index (χ1n) is 14.4. The molecular weight excluding hydrogens is 554 g/mol. The lowest BCUT2D eigenvalue weighted by molar-refractivity contribution is 0.0374. The second kappa shape index (κ2) is 14.4. The number of rotatable bonds is 10. The van der Waals surface area contributed by atoms with Crippen LogP contribution in [-0.2, 0) is 4.74 Å². The van der Waals surface area contributed by atoms with Gasteiger partial charge in [0, 0.05) is 57.2 Å².